The zero-order valence-electron chi connectivity index (χ0n) is 12.4. The van der Waals surface area contributed by atoms with Crippen molar-refractivity contribution in [3.63, 3.8) is 0 Å². The van der Waals surface area contributed by atoms with Gasteiger partial charge in [0.25, 0.3) is 0 Å². The quantitative estimate of drug-likeness (QED) is 0.745. The average molecular weight is 279 g/mol. The highest BCUT2D eigenvalue weighted by atomic mass is 16.5. The Hall–Kier alpha value is -1.46. The minimum absolute atomic E-state index is 0.105. The smallest absolute Gasteiger partial charge is 0.222 e. The van der Waals surface area contributed by atoms with Gasteiger partial charge >= 0.3 is 0 Å². The standard InChI is InChI=1S/C15H25N3O2/c1-13(20-2)6-7-15(19)18(10-4-8-16)12-14-5-3-9-17-11-14/h3,5,9,11,13H,4,6-8,10,12,16H2,1-2H3. The van der Waals surface area contributed by atoms with Crippen molar-refractivity contribution in [2.45, 2.75) is 38.8 Å². The molecule has 1 aromatic heterocycles. The van der Waals surface area contributed by atoms with E-state index in [1.54, 1.807) is 19.5 Å². The van der Waals surface area contributed by atoms with Gasteiger partial charge < -0.3 is 15.4 Å². The summed E-state index contributed by atoms with van der Waals surface area (Å²) in [5.74, 6) is 0.145. The molecule has 1 unspecified atom stereocenters. The molecule has 1 amide bonds. The van der Waals surface area contributed by atoms with Crippen molar-refractivity contribution in [3.8, 4) is 0 Å². The predicted octanol–water partition coefficient (Wildman–Crippen LogP) is 1.57. The second-order valence-electron chi connectivity index (χ2n) is 4.90. The molecule has 0 fully saturated rings. The maximum atomic E-state index is 12.3. The van der Waals surface area contributed by atoms with Crippen LogP contribution in [0.2, 0.25) is 0 Å². The number of carbonyl (C=O) groups is 1. The third kappa shape index (κ3) is 6.12. The molecule has 0 radical (unpaired) electrons. The number of pyridine rings is 1. The van der Waals surface area contributed by atoms with E-state index >= 15 is 0 Å². The van der Waals surface area contributed by atoms with E-state index in [1.807, 2.05) is 24.0 Å². The Morgan fingerprint density at radius 3 is 2.95 bits per heavy atom. The summed E-state index contributed by atoms with van der Waals surface area (Å²) in [6, 6.07) is 3.86. The van der Waals surface area contributed by atoms with E-state index in [0.29, 0.717) is 26.1 Å². The third-order valence-corrected chi connectivity index (χ3v) is 3.25. The van der Waals surface area contributed by atoms with Gasteiger partial charge in [-0.05, 0) is 37.9 Å². The van der Waals surface area contributed by atoms with Crippen LogP contribution in [0.25, 0.3) is 0 Å². The molecule has 5 heteroatoms. The molecular weight excluding hydrogens is 254 g/mol. The van der Waals surface area contributed by atoms with E-state index in [2.05, 4.69) is 4.98 Å². The fourth-order valence-electron chi connectivity index (χ4n) is 1.89. The van der Waals surface area contributed by atoms with Crippen molar-refractivity contribution in [1.29, 1.82) is 0 Å². The molecule has 2 N–H and O–H groups in total. The molecule has 0 aliphatic heterocycles. The molecule has 0 saturated carbocycles. The largest absolute Gasteiger partial charge is 0.382 e. The summed E-state index contributed by atoms with van der Waals surface area (Å²) < 4.78 is 5.18. The normalized spacial score (nSPS) is 12.2. The summed E-state index contributed by atoms with van der Waals surface area (Å²) in [5, 5.41) is 0. The topological polar surface area (TPSA) is 68.5 Å². The number of nitrogens with zero attached hydrogens (tertiary/aromatic N) is 2. The van der Waals surface area contributed by atoms with E-state index in [9.17, 15) is 4.79 Å². The molecule has 0 spiro atoms. The Labute approximate surface area is 121 Å². The first kappa shape index (κ1) is 16.6. The molecule has 1 rings (SSSR count). The lowest BCUT2D eigenvalue weighted by molar-refractivity contribution is -0.132. The number of methoxy groups -OCH3 is 1. The molecule has 1 heterocycles. The molecule has 0 bridgehead atoms. The molecule has 0 aliphatic carbocycles. The second-order valence-corrected chi connectivity index (χ2v) is 4.90. The zero-order valence-corrected chi connectivity index (χ0v) is 12.4. The molecule has 1 aromatic rings. The first-order chi connectivity index (χ1) is 9.67. The number of hydrogen-bond donors (Lipinski definition) is 1. The van der Waals surface area contributed by atoms with E-state index in [-0.39, 0.29) is 12.0 Å². The lowest BCUT2D eigenvalue weighted by Crippen LogP contribution is -2.33. The van der Waals surface area contributed by atoms with E-state index in [1.165, 1.54) is 0 Å². The van der Waals surface area contributed by atoms with Crippen LogP contribution in [0.3, 0.4) is 0 Å². The van der Waals surface area contributed by atoms with E-state index in [4.69, 9.17) is 10.5 Å². The van der Waals surface area contributed by atoms with Gasteiger partial charge in [-0.25, -0.2) is 0 Å². The highest BCUT2D eigenvalue weighted by Gasteiger charge is 2.14. The van der Waals surface area contributed by atoms with Crippen molar-refractivity contribution in [2.24, 2.45) is 5.73 Å². The SMILES string of the molecule is COC(C)CCC(=O)N(CCCN)Cc1cccnc1. The van der Waals surface area contributed by atoms with Crippen LogP contribution in [0.4, 0.5) is 0 Å². The number of aromatic nitrogens is 1. The molecular formula is C15H25N3O2. The van der Waals surface area contributed by atoms with Gasteiger partial charge in [0.15, 0.2) is 0 Å². The first-order valence-corrected chi connectivity index (χ1v) is 7.07. The van der Waals surface area contributed by atoms with E-state index in [0.717, 1.165) is 18.4 Å². The lowest BCUT2D eigenvalue weighted by Gasteiger charge is -2.23. The fraction of sp³-hybridized carbons (Fsp3) is 0.600. The van der Waals surface area contributed by atoms with E-state index < -0.39 is 0 Å². The van der Waals surface area contributed by atoms with Crippen molar-refractivity contribution >= 4 is 5.91 Å². The van der Waals surface area contributed by atoms with Crippen LogP contribution in [0.15, 0.2) is 24.5 Å². The predicted molar refractivity (Wildman–Crippen MR) is 79.0 cm³/mol. The minimum Gasteiger partial charge on any atom is -0.382 e. The van der Waals surface area contributed by atoms with Gasteiger partial charge in [-0.2, -0.15) is 0 Å². The Morgan fingerprint density at radius 2 is 2.35 bits per heavy atom. The second kappa shape index (κ2) is 9.44. The molecule has 0 saturated heterocycles. The number of rotatable bonds is 9. The van der Waals surface area contributed by atoms with Crippen LogP contribution < -0.4 is 5.73 Å². The Morgan fingerprint density at radius 1 is 1.55 bits per heavy atom. The van der Waals surface area contributed by atoms with Crippen molar-refractivity contribution in [2.75, 3.05) is 20.2 Å². The summed E-state index contributed by atoms with van der Waals surface area (Å²) in [6.07, 6.45) is 5.68. The summed E-state index contributed by atoms with van der Waals surface area (Å²) in [7, 11) is 1.66. The van der Waals surface area contributed by atoms with Crippen LogP contribution in [0.5, 0.6) is 0 Å². The van der Waals surface area contributed by atoms with Crippen LogP contribution in [-0.4, -0.2) is 42.1 Å². The maximum absolute atomic E-state index is 12.3. The Kier molecular flexibility index (Phi) is 7.84. The number of nitrogens with two attached hydrogens (primary N) is 1. The third-order valence-electron chi connectivity index (χ3n) is 3.25. The van der Waals surface area contributed by atoms with Gasteiger partial charge in [0.2, 0.25) is 5.91 Å². The molecule has 1 atom stereocenters. The summed E-state index contributed by atoms with van der Waals surface area (Å²) >= 11 is 0. The zero-order chi connectivity index (χ0) is 14.8. The van der Waals surface area contributed by atoms with Gasteiger partial charge in [-0.3, -0.25) is 9.78 Å². The van der Waals surface area contributed by atoms with Gasteiger partial charge in [0.1, 0.15) is 0 Å². The average Bonchev–Trinajstić information content (AvgIpc) is 2.49. The number of amides is 1. The molecule has 5 nitrogen and oxygen atoms in total. The number of carbonyl (C=O) groups excluding carboxylic acids is 1. The van der Waals surface area contributed by atoms with Gasteiger partial charge in [-0.1, -0.05) is 6.07 Å². The highest BCUT2D eigenvalue weighted by molar-refractivity contribution is 5.76. The van der Waals surface area contributed by atoms with Crippen LogP contribution in [0.1, 0.15) is 31.7 Å². The molecule has 0 aromatic carbocycles. The first-order valence-electron chi connectivity index (χ1n) is 7.07. The Bertz CT molecular complexity index is 384. The molecule has 0 aliphatic rings. The summed E-state index contributed by atoms with van der Waals surface area (Å²) in [6.45, 7) is 3.84. The van der Waals surface area contributed by atoms with Crippen LogP contribution in [0, 0.1) is 0 Å². The Balaban J connectivity index is 2.56. The van der Waals surface area contributed by atoms with Gasteiger partial charge in [0, 0.05) is 39.0 Å². The lowest BCUT2D eigenvalue weighted by atomic mass is 10.2. The molecule has 20 heavy (non-hydrogen) atoms. The summed E-state index contributed by atoms with van der Waals surface area (Å²) in [4.78, 5) is 18.2. The van der Waals surface area contributed by atoms with Crippen molar-refractivity contribution < 1.29 is 9.53 Å². The van der Waals surface area contributed by atoms with Crippen LogP contribution in [-0.2, 0) is 16.1 Å². The van der Waals surface area contributed by atoms with Crippen molar-refractivity contribution in [1.82, 2.24) is 9.88 Å². The monoisotopic (exact) mass is 279 g/mol. The summed E-state index contributed by atoms with van der Waals surface area (Å²) in [5.41, 5.74) is 6.58. The fourth-order valence-corrected chi connectivity index (χ4v) is 1.89. The minimum atomic E-state index is 0.105. The van der Waals surface area contributed by atoms with Crippen LogP contribution >= 0.6 is 0 Å². The number of hydrogen-bond acceptors (Lipinski definition) is 4. The molecule has 112 valence electrons. The van der Waals surface area contributed by atoms with Gasteiger partial charge in [0.05, 0.1) is 6.10 Å². The van der Waals surface area contributed by atoms with Crippen molar-refractivity contribution in [3.05, 3.63) is 30.1 Å². The number of ether oxygens (including phenoxy) is 1. The van der Waals surface area contributed by atoms with Gasteiger partial charge in [-0.15, -0.1) is 0 Å². The maximum Gasteiger partial charge on any atom is 0.222 e. The highest BCUT2D eigenvalue weighted by Crippen LogP contribution is 2.09.